The average Bonchev–Trinajstić information content (AvgIpc) is 3.33. The molecule has 5 rings (SSSR count). The number of hydrogen-bond acceptors (Lipinski definition) is 6. The molecule has 1 aromatic carbocycles. The van der Waals surface area contributed by atoms with Crippen molar-refractivity contribution in [3.8, 4) is 17.2 Å². The fraction of sp³-hybridized carbons (Fsp3) is 0.412. The fourth-order valence-electron chi connectivity index (χ4n) is 3.16. The van der Waals surface area contributed by atoms with Crippen LogP contribution in [0, 0.1) is 0 Å². The average molecular weight is 355 g/mol. The van der Waals surface area contributed by atoms with Gasteiger partial charge in [-0.2, -0.15) is 5.10 Å². The van der Waals surface area contributed by atoms with Gasteiger partial charge in [0.25, 0.3) is 5.91 Å². The Hall–Kier alpha value is -3.10. The minimum absolute atomic E-state index is 0.270. The highest BCUT2D eigenvalue weighted by Gasteiger charge is 2.34. The normalized spacial score (nSPS) is 21.5. The van der Waals surface area contributed by atoms with Crippen molar-refractivity contribution >= 4 is 11.9 Å². The van der Waals surface area contributed by atoms with Gasteiger partial charge in [0.05, 0.1) is 5.69 Å². The number of benzene rings is 1. The van der Waals surface area contributed by atoms with Gasteiger partial charge in [-0.1, -0.05) is 0 Å². The lowest BCUT2D eigenvalue weighted by Crippen LogP contribution is -2.32. The van der Waals surface area contributed by atoms with Crippen molar-refractivity contribution in [1.29, 1.82) is 0 Å². The van der Waals surface area contributed by atoms with Crippen LogP contribution in [-0.2, 0) is 11.2 Å². The summed E-state index contributed by atoms with van der Waals surface area (Å²) in [5, 5.41) is 9.50. The van der Waals surface area contributed by atoms with E-state index in [1.54, 1.807) is 4.68 Å². The quantitative estimate of drug-likeness (QED) is 0.781. The van der Waals surface area contributed by atoms with E-state index in [0.717, 1.165) is 24.4 Å². The number of hydrogen-bond donors (Lipinski definition) is 2. The van der Waals surface area contributed by atoms with E-state index < -0.39 is 12.1 Å². The van der Waals surface area contributed by atoms with E-state index in [1.165, 1.54) is 0 Å². The molecule has 0 spiro atoms. The molecule has 1 saturated carbocycles. The van der Waals surface area contributed by atoms with Gasteiger partial charge < -0.3 is 14.8 Å². The lowest BCUT2D eigenvalue weighted by molar-refractivity contribution is -0.120. The number of imide groups is 1. The maximum Gasteiger partial charge on any atom is 0.322 e. The molecule has 0 bridgehead atoms. The Morgan fingerprint density at radius 2 is 1.96 bits per heavy atom. The van der Waals surface area contributed by atoms with E-state index in [1.807, 2.05) is 18.2 Å². The Morgan fingerprint density at radius 1 is 1.15 bits per heavy atom. The first-order chi connectivity index (χ1) is 12.7. The van der Waals surface area contributed by atoms with Crippen LogP contribution in [0.2, 0.25) is 0 Å². The minimum Gasteiger partial charge on any atom is -0.486 e. The first-order valence-electron chi connectivity index (χ1n) is 8.64. The number of urea groups is 1. The fourth-order valence-corrected chi connectivity index (χ4v) is 3.16. The molecular formula is C17H17N5O4. The molecule has 2 aromatic rings. The highest BCUT2D eigenvalue weighted by molar-refractivity contribution is 6.04. The third-order valence-corrected chi connectivity index (χ3v) is 4.65. The van der Waals surface area contributed by atoms with Crippen LogP contribution in [0.1, 0.15) is 30.4 Å². The smallest absolute Gasteiger partial charge is 0.322 e. The Bertz CT molecular complexity index is 905. The second-order valence-corrected chi connectivity index (χ2v) is 6.62. The lowest BCUT2D eigenvalue weighted by atomic mass is 10.2. The van der Waals surface area contributed by atoms with Gasteiger partial charge in [-0.3, -0.25) is 10.1 Å². The number of carbonyl (C=O) groups is 2. The van der Waals surface area contributed by atoms with E-state index in [2.05, 4.69) is 20.7 Å². The molecule has 3 heterocycles. The number of nitrogens with zero attached hydrogens (tertiary/aromatic N) is 3. The number of amides is 3. The highest BCUT2D eigenvalue weighted by atomic mass is 16.6. The second kappa shape index (κ2) is 5.72. The van der Waals surface area contributed by atoms with Crippen LogP contribution < -0.4 is 20.1 Å². The van der Waals surface area contributed by atoms with Crippen LogP contribution in [0.4, 0.5) is 4.79 Å². The summed E-state index contributed by atoms with van der Waals surface area (Å²) in [6.45, 7) is 1.03. The summed E-state index contributed by atoms with van der Waals surface area (Å²) in [7, 11) is 0. The number of rotatable bonds is 4. The number of aromatic nitrogens is 3. The standard InChI is InChI=1S/C17H17N5O4/c23-16-11(18-17(24)20-16)8-14-19-15(9-1-2-9)21-22(14)10-3-4-12-13(7-10)26-6-5-25-12/h3-4,7,9,11H,1-2,5-6,8H2,(H2,18,20,23,24)/t11-/m1/s1. The van der Waals surface area contributed by atoms with Crippen molar-refractivity contribution in [2.75, 3.05) is 13.2 Å². The largest absolute Gasteiger partial charge is 0.486 e. The van der Waals surface area contributed by atoms with Gasteiger partial charge in [-0.25, -0.2) is 14.5 Å². The summed E-state index contributed by atoms with van der Waals surface area (Å²) >= 11 is 0. The molecule has 2 N–H and O–H groups in total. The molecule has 9 heteroatoms. The van der Waals surface area contributed by atoms with Crippen LogP contribution in [0.25, 0.3) is 5.69 Å². The second-order valence-electron chi connectivity index (χ2n) is 6.62. The van der Waals surface area contributed by atoms with Crippen molar-refractivity contribution in [2.24, 2.45) is 0 Å². The SMILES string of the molecule is O=C1NC(=O)[C@@H](Cc2nc(C3CC3)nn2-c2ccc3c(c2)OCCO3)N1. The summed E-state index contributed by atoms with van der Waals surface area (Å²) in [4.78, 5) is 27.9. The van der Waals surface area contributed by atoms with Gasteiger partial charge in [0.1, 0.15) is 25.1 Å². The molecule has 0 unspecified atom stereocenters. The molecule has 3 amide bonds. The van der Waals surface area contributed by atoms with Crippen molar-refractivity contribution < 1.29 is 19.1 Å². The third kappa shape index (κ3) is 2.65. The number of ether oxygens (including phenoxy) is 2. The third-order valence-electron chi connectivity index (χ3n) is 4.65. The van der Waals surface area contributed by atoms with E-state index in [9.17, 15) is 9.59 Å². The first-order valence-corrected chi connectivity index (χ1v) is 8.64. The number of carbonyl (C=O) groups excluding carboxylic acids is 2. The summed E-state index contributed by atoms with van der Waals surface area (Å²) < 4.78 is 12.9. The lowest BCUT2D eigenvalue weighted by Gasteiger charge is -2.19. The summed E-state index contributed by atoms with van der Waals surface area (Å²) in [6.07, 6.45) is 2.42. The molecule has 1 saturated heterocycles. The van der Waals surface area contributed by atoms with E-state index >= 15 is 0 Å². The monoisotopic (exact) mass is 355 g/mol. The van der Waals surface area contributed by atoms with Crippen molar-refractivity contribution in [3.05, 3.63) is 29.8 Å². The van der Waals surface area contributed by atoms with Gasteiger partial charge in [-0.05, 0) is 25.0 Å². The maximum absolute atomic E-state index is 11.9. The molecule has 0 radical (unpaired) electrons. The van der Waals surface area contributed by atoms with E-state index in [4.69, 9.17) is 9.47 Å². The van der Waals surface area contributed by atoms with E-state index in [0.29, 0.717) is 36.5 Å². The molecule has 26 heavy (non-hydrogen) atoms. The Labute approximate surface area is 148 Å². The summed E-state index contributed by atoms with van der Waals surface area (Å²) in [5.74, 6) is 2.80. The summed E-state index contributed by atoms with van der Waals surface area (Å²) in [6, 6.07) is 4.46. The first kappa shape index (κ1) is 15.2. The highest BCUT2D eigenvalue weighted by Crippen LogP contribution is 2.39. The Kier molecular flexibility index (Phi) is 3.34. The maximum atomic E-state index is 11.9. The molecule has 1 aliphatic carbocycles. The van der Waals surface area contributed by atoms with Crippen LogP contribution in [0.3, 0.4) is 0 Å². The summed E-state index contributed by atoms with van der Waals surface area (Å²) in [5.41, 5.74) is 0.786. The molecule has 9 nitrogen and oxygen atoms in total. The van der Waals surface area contributed by atoms with Gasteiger partial charge in [0.15, 0.2) is 17.3 Å². The van der Waals surface area contributed by atoms with Crippen LogP contribution in [0.15, 0.2) is 18.2 Å². The van der Waals surface area contributed by atoms with E-state index in [-0.39, 0.29) is 12.3 Å². The van der Waals surface area contributed by atoms with Gasteiger partial charge >= 0.3 is 6.03 Å². The number of nitrogens with one attached hydrogen (secondary N) is 2. The van der Waals surface area contributed by atoms with Crippen molar-refractivity contribution in [1.82, 2.24) is 25.4 Å². The van der Waals surface area contributed by atoms with Crippen LogP contribution in [0.5, 0.6) is 11.5 Å². The molecule has 2 aliphatic heterocycles. The molecule has 134 valence electrons. The Morgan fingerprint density at radius 3 is 2.69 bits per heavy atom. The zero-order valence-electron chi connectivity index (χ0n) is 13.9. The van der Waals surface area contributed by atoms with Crippen LogP contribution in [-0.4, -0.2) is 46.0 Å². The molecule has 1 aromatic heterocycles. The molecule has 3 aliphatic rings. The molecule has 2 fully saturated rings. The van der Waals surface area contributed by atoms with Gasteiger partial charge in [0.2, 0.25) is 0 Å². The van der Waals surface area contributed by atoms with Gasteiger partial charge in [-0.15, -0.1) is 0 Å². The predicted molar refractivity (Wildman–Crippen MR) is 88.5 cm³/mol. The predicted octanol–water partition coefficient (Wildman–Crippen LogP) is 0.666. The Balaban J connectivity index is 1.51. The molecular weight excluding hydrogens is 338 g/mol. The van der Waals surface area contributed by atoms with Crippen LogP contribution >= 0.6 is 0 Å². The molecule has 1 atom stereocenters. The zero-order chi connectivity index (χ0) is 17.7. The van der Waals surface area contributed by atoms with Crippen molar-refractivity contribution in [2.45, 2.75) is 31.2 Å². The topological polar surface area (TPSA) is 107 Å². The zero-order valence-corrected chi connectivity index (χ0v) is 13.9. The van der Waals surface area contributed by atoms with Gasteiger partial charge in [0, 0.05) is 18.4 Å². The number of fused-ring (bicyclic) bond motifs is 1. The van der Waals surface area contributed by atoms with Crippen molar-refractivity contribution in [3.63, 3.8) is 0 Å². The minimum atomic E-state index is -0.644.